The lowest BCUT2D eigenvalue weighted by molar-refractivity contribution is -0.134. The van der Waals surface area contributed by atoms with Crippen molar-refractivity contribution in [2.75, 3.05) is 20.1 Å². The summed E-state index contributed by atoms with van der Waals surface area (Å²) >= 11 is 0. The Morgan fingerprint density at radius 1 is 0.763 bits per heavy atom. The lowest BCUT2D eigenvalue weighted by atomic mass is 9.76. The third kappa shape index (κ3) is 9.98. The SMILES string of the molecule is CN1CCC(C2c3ccccc3CCc3cccnc32)CC1.O=C(O)/C=C\C(=O)O.O=C(O)/C=C\C(=O)O. The Morgan fingerprint density at radius 2 is 1.24 bits per heavy atom. The van der Waals surface area contributed by atoms with Crippen molar-refractivity contribution < 1.29 is 39.6 Å². The number of pyridine rings is 1. The number of aliphatic carboxylic acids is 4. The lowest BCUT2D eigenvalue weighted by Crippen LogP contribution is -2.33. The molecule has 1 saturated heterocycles. The summed E-state index contributed by atoms with van der Waals surface area (Å²) < 4.78 is 0. The first-order valence-corrected chi connectivity index (χ1v) is 12.1. The predicted octanol–water partition coefficient (Wildman–Crippen LogP) is 3.08. The first kappa shape index (κ1) is 29.9. The molecule has 2 heterocycles. The number of benzene rings is 1. The molecule has 1 fully saturated rings. The van der Waals surface area contributed by atoms with E-state index < -0.39 is 23.9 Å². The van der Waals surface area contributed by atoms with Crippen molar-refractivity contribution in [3.05, 3.63) is 89.3 Å². The Hall–Kier alpha value is -4.31. The first-order chi connectivity index (χ1) is 18.1. The standard InChI is InChI=1S/C20H24N2.2C4H4O4/c1-22-13-10-16(11-14-22)19-18-7-3-2-5-15(18)8-9-17-6-4-12-21-20(17)19;2*5-3(6)1-2-4(7)8/h2-7,12,16,19H,8-11,13-14H2,1H3;2*1-2H,(H,5,6)(H,7,8)/b;2*2-1-. The molecule has 2 aliphatic rings. The van der Waals surface area contributed by atoms with Gasteiger partial charge < -0.3 is 25.3 Å². The zero-order chi connectivity index (χ0) is 28.1. The maximum atomic E-state index is 9.55. The number of hydrogen-bond acceptors (Lipinski definition) is 6. The molecule has 1 unspecified atom stereocenters. The number of carboxylic acid groups (broad SMARTS) is 4. The van der Waals surface area contributed by atoms with Crippen LogP contribution in [0, 0.1) is 5.92 Å². The third-order valence-corrected chi connectivity index (χ3v) is 6.25. The molecule has 1 aliphatic heterocycles. The van der Waals surface area contributed by atoms with Crippen LogP contribution in [0.4, 0.5) is 0 Å². The molecule has 10 nitrogen and oxygen atoms in total. The highest BCUT2D eigenvalue weighted by molar-refractivity contribution is 5.90. The summed E-state index contributed by atoms with van der Waals surface area (Å²) in [4.78, 5) is 45.5. The highest BCUT2D eigenvalue weighted by Gasteiger charge is 2.33. The number of hydrogen-bond donors (Lipinski definition) is 4. The van der Waals surface area contributed by atoms with Crippen molar-refractivity contribution in [3.63, 3.8) is 0 Å². The van der Waals surface area contributed by atoms with E-state index in [1.165, 1.54) is 48.3 Å². The number of fused-ring (bicyclic) bond motifs is 2. The minimum absolute atomic E-state index is 0.489. The second-order valence-corrected chi connectivity index (χ2v) is 8.88. The Bertz CT molecular complexity index is 1070. The molecule has 1 aromatic heterocycles. The molecule has 4 N–H and O–H groups in total. The van der Waals surface area contributed by atoms with Gasteiger partial charge in [-0.05, 0) is 74.5 Å². The molecule has 38 heavy (non-hydrogen) atoms. The quantitative estimate of drug-likeness (QED) is 0.427. The van der Waals surface area contributed by atoms with E-state index >= 15 is 0 Å². The topological polar surface area (TPSA) is 165 Å². The Labute approximate surface area is 220 Å². The summed E-state index contributed by atoms with van der Waals surface area (Å²) in [6, 6.07) is 13.4. The minimum Gasteiger partial charge on any atom is -0.478 e. The van der Waals surface area contributed by atoms with Crippen LogP contribution in [-0.2, 0) is 32.0 Å². The van der Waals surface area contributed by atoms with Crippen molar-refractivity contribution in [3.8, 4) is 0 Å². The fourth-order valence-corrected chi connectivity index (χ4v) is 4.55. The number of nitrogens with zero attached hydrogens (tertiary/aromatic N) is 2. The normalized spacial score (nSPS) is 17.1. The van der Waals surface area contributed by atoms with Gasteiger partial charge in [-0.15, -0.1) is 0 Å². The molecular weight excluding hydrogens is 492 g/mol. The van der Waals surface area contributed by atoms with E-state index in [1.54, 1.807) is 0 Å². The maximum absolute atomic E-state index is 9.55. The van der Waals surface area contributed by atoms with E-state index in [2.05, 4.69) is 48.3 Å². The summed E-state index contributed by atoms with van der Waals surface area (Å²) in [5.74, 6) is -3.81. The van der Waals surface area contributed by atoms with E-state index in [0.29, 0.717) is 30.2 Å². The second-order valence-electron chi connectivity index (χ2n) is 8.88. The minimum atomic E-state index is -1.26. The molecule has 0 saturated carbocycles. The second kappa shape index (κ2) is 15.1. The van der Waals surface area contributed by atoms with Crippen LogP contribution in [0.3, 0.4) is 0 Å². The van der Waals surface area contributed by atoms with Crippen molar-refractivity contribution in [1.82, 2.24) is 9.88 Å². The molecule has 0 amide bonds. The van der Waals surface area contributed by atoms with Crippen LogP contribution in [0.2, 0.25) is 0 Å². The van der Waals surface area contributed by atoms with Crippen LogP contribution in [0.25, 0.3) is 0 Å². The van der Waals surface area contributed by atoms with E-state index in [4.69, 9.17) is 25.4 Å². The largest absolute Gasteiger partial charge is 0.478 e. The molecular formula is C28H32N2O8. The molecule has 4 rings (SSSR count). The highest BCUT2D eigenvalue weighted by atomic mass is 16.4. The van der Waals surface area contributed by atoms with Gasteiger partial charge in [0.15, 0.2) is 0 Å². The summed E-state index contributed by atoms with van der Waals surface area (Å²) in [5, 5.41) is 31.2. The van der Waals surface area contributed by atoms with Crippen LogP contribution in [0.15, 0.2) is 66.9 Å². The van der Waals surface area contributed by atoms with Gasteiger partial charge in [0, 0.05) is 36.4 Å². The molecule has 0 radical (unpaired) electrons. The van der Waals surface area contributed by atoms with Crippen molar-refractivity contribution in [2.24, 2.45) is 5.92 Å². The van der Waals surface area contributed by atoms with Gasteiger partial charge in [-0.3, -0.25) is 4.98 Å². The predicted molar refractivity (Wildman–Crippen MR) is 139 cm³/mol. The van der Waals surface area contributed by atoms with Gasteiger partial charge in [0.25, 0.3) is 0 Å². The number of carboxylic acids is 4. The number of piperidine rings is 1. The van der Waals surface area contributed by atoms with Crippen molar-refractivity contribution >= 4 is 23.9 Å². The Morgan fingerprint density at radius 3 is 1.76 bits per heavy atom. The number of rotatable bonds is 5. The third-order valence-electron chi connectivity index (χ3n) is 6.25. The summed E-state index contributed by atoms with van der Waals surface area (Å²) in [7, 11) is 2.24. The van der Waals surface area contributed by atoms with Gasteiger partial charge in [0.2, 0.25) is 0 Å². The molecule has 202 valence electrons. The Balaban J connectivity index is 0.000000264. The lowest BCUT2D eigenvalue weighted by Gasteiger charge is -2.35. The summed E-state index contributed by atoms with van der Waals surface area (Å²) in [5.41, 5.74) is 5.88. The van der Waals surface area contributed by atoms with Gasteiger partial charge in [0.1, 0.15) is 0 Å². The van der Waals surface area contributed by atoms with E-state index in [1.807, 2.05) is 6.20 Å². The van der Waals surface area contributed by atoms with E-state index in [-0.39, 0.29) is 0 Å². The van der Waals surface area contributed by atoms with Gasteiger partial charge in [0.05, 0.1) is 5.69 Å². The number of aromatic nitrogens is 1. The van der Waals surface area contributed by atoms with E-state index in [9.17, 15) is 19.2 Å². The van der Waals surface area contributed by atoms with Crippen LogP contribution in [0.1, 0.15) is 41.1 Å². The summed E-state index contributed by atoms with van der Waals surface area (Å²) in [6.07, 6.45) is 9.06. The number of carbonyl (C=O) groups is 4. The van der Waals surface area contributed by atoms with E-state index in [0.717, 1.165) is 18.8 Å². The van der Waals surface area contributed by atoms with Gasteiger partial charge >= 0.3 is 23.9 Å². The average molecular weight is 525 g/mol. The zero-order valence-electron chi connectivity index (χ0n) is 21.1. The smallest absolute Gasteiger partial charge is 0.328 e. The average Bonchev–Trinajstić information content (AvgIpc) is 3.05. The van der Waals surface area contributed by atoms with Gasteiger partial charge in [-0.25, -0.2) is 19.2 Å². The highest BCUT2D eigenvalue weighted by Crippen LogP contribution is 2.41. The number of likely N-dealkylation sites (tertiary alicyclic amines) is 1. The molecule has 1 aliphatic carbocycles. The van der Waals surface area contributed by atoms with Crippen molar-refractivity contribution in [1.29, 1.82) is 0 Å². The number of aryl methyl sites for hydroxylation is 2. The van der Waals surface area contributed by atoms with Crippen molar-refractivity contribution in [2.45, 2.75) is 31.6 Å². The van der Waals surface area contributed by atoms with Crippen LogP contribution >= 0.6 is 0 Å². The Kier molecular flexibility index (Phi) is 11.9. The molecule has 1 aromatic carbocycles. The molecule has 0 bridgehead atoms. The zero-order valence-corrected chi connectivity index (χ0v) is 21.1. The van der Waals surface area contributed by atoms with Gasteiger partial charge in [-0.2, -0.15) is 0 Å². The van der Waals surface area contributed by atoms with Crippen LogP contribution in [0.5, 0.6) is 0 Å². The molecule has 2 aromatic rings. The fourth-order valence-electron chi connectivity index (χ4n) is 4.55. The maximum Gasteiger partial charge on any atom is 0.328 e. The van der Waals surface area contributed by atoms with Crippen LogP contribution in [-0.4, -0.2) is 74.3 Å². The first-order valence-electron chi connectivity index (χ1n) is 12.1. The molecule has 1 atom stereocenters. The van der Waals surface area contributed by atoms with Crippen LogP contribution < -0.4 is 0 Å². The van der Waals surface area contributed by atoms with Gasteiger partial charge in [-0.1, -0.05) is 30.3 Å². The monoisotopic (exact) mass is 524 g/mol. The fraction of sp³-hybridized carbons (Fsp3) is 0.321. The molecule has 10 heteroatoms. The summed E-state index contributed by atoms with van der Waals surface area (Å²) in [6.45, 7) is 2.43. The molecule has 0 spiro atoms.